The summed E-state index contributed by atoms with van der Waals surface area (Å²) >= 11 is 0. The van der Waals surface area contributed by atoms with E-state index in [0.29, 0.717) is 0 Å². The molecule has 0 amide bonds. The lowest BCUT2D eigenvalue weighted by molar-refractivity contribution is -0.757. The summed E-state index contributed by atoms with van der Waals surface area (Å²) < 4.78 is 4.62. The minimum absolute atomic E-state index is 0.0346. The molecule has 0 aliphatic carbocycles. The van der Waals surface area contributed by atoms with E-state index in [1.165, 1.54) is 6.92 Å². The Hall–Kier alpha value is -1.41. The molecule has 2 unspecified atom stereocenters. The molecule has 0 bridgehead atoms. The number of nitrogens with two attached hydrogens (primary N) is 1. The quantitative estimate of drug-likeness (QED) is 0.241. The van der Waals surface area contributed by atoms with Gasteiger partial charge in [-0.3, -0.25) is 4.79 Å². The molecular formula is C7H14N2O6. The SMILES string of the molecule is CC(O)C(N)C(=O)OCCCO[N+](=O)[O-]. The van der Waals surface area contributed by atoms with Gasteiger partial charge in [0.25, 0.3) is 5.09 Å². The molecule has 88 valence electrons. The van der Waals surface area contributed by atoms with Crippen LogP contribution in [0, 0.1) is 10.1 Å². The van der Waals surface area contributed by atoms with Gasteiger partial charge in [-0.25, -0.2) is 0 Å². The third-order valence-corrected chi connectivity index (χ3v) is 1.52. The van der Waals surface area contributed by atoms with Gasteiger partial charge in [0.2, 0.25) is 0 Å². The molecule has 0 saturated carbocycles. The maximum absolute atomic E-state index is 11.0. The molecule has 0 aromatic heterocycles. The predicted octanol–water partition coefficient (Wildman–Crippen LogP) is -1.16. The van der Waals surface area contributed by atoms with Crippen molar-refractivity contribution in [1.82, 2.24) is 0 Å². The number of hydrogen-bond acceptors (Lipinski definition) is 7. The lowest BCUT2D eigenvalue weighted by Gasteiger charge is -2.13. The highest BCUT2D eigenvalue weighted by Crippen LogP contribution is 1.94. The lowest BCUT2D eigenvalue weighted by atomic mass is 10.2. The zero-order valence-corrected chi connectivity index (χ0v) is 8.29. The standard InChI is InChI=1S/C7H14N2O6/c1-5(10)6(8)7(11)14-3-2-4-15-9(12)13/h5-6,10H,2-4,8H2,1H3. The average molecular weight is 222 g/mol. The first-order valence-corrected chi connectivity index (χ1v) is 4.32. The maximum Gasteiger partial charge on any atom is 0.325 e. The zero-order chi connectivity index (χ0) is 11.8. The number of aliphatic hydroxyl groups excluding tert-OH is 1. The van der Waals surface area contributed by atoms with Crippen LogP contribution in [0.2, 0.25) is 0 Å². The molecule has 0 aromatic rings. The van der Waals surface area contributed by atoms with Crippen molar-refractivity contribution in [1.29, 1.82) is 0 Å². The number of carbonyl (C=O) groups excluding carboxylic acids is 1. The molecule has 0 saturated heterocycles. The van der Waals surface area contributed by atoms with Gasteiger partial charge in [0.1, 0.15) is 6.04 Å². The summed E-state index contributed by atoms with van der Waals surface area (Å²) in [4.78, 5) is 24.7. The van der Waals surface area contributed by atoms with E-state index in [9.17, 15) is 14.9 Å². The van der Waals surface area contributed by atoms with E-state index >= 15 is 0 Å². The summed E-state index contributed by atoms with van der Waals surface area (Å²) in [5, 5.41) is 17.7. The molecule has 0 spiro atoms. The van der Waals surface area contributed by atoms with Crippen molar-refractivity contribution in [2.24, 2.45) is 5.73 Å². The van der Waals surface area contributed by atoms with Crippen LogP contribution >= 0.6 is 0 Å². The molecule has 2 atom stereocenters. The van der Waals surface area contributed by atoms with Crippen LogP contribution in [0.3, 0.4) is 0 Å². The van der Waals surface area contributed by atoms with Gasteiger partial charge in [0, 0.05) is 6.42 Å². The van der Waals surface area contributed by atoms with Gasteiger partial charge in [-0.05, 0) is 6.92 Å². The molecular weight excluding hydrogens is 208 g/mol. The van der Waals surface area contributed by atoms with Crippen LogP contribution in [-0.2, 0) is 14.4 Å². The molecule has 8 heteroatoms. The second-order valence-corrected chi connectivity index (χ2v) is 2.84. The van der Waals surface area contributed by atoms with Crippen LogP contribution in [-0.4, -0.2) is 41.5 Å². The van der Waals surface area contributed by atoms with Crippen molar-refractivity contribution in [3.63, 3.8) is 0 Å². The Morgan fingerprint density at radius 2 is 2.20 bits per heavy atom. The number of hydrogen-bond donors (Lipinski definition) is 2. The van der Waals surface area contributed by atoms with Crippen molar-refractivity contribution in [3.8, 4) is 0 Å². The summed E-state index contributed by atoms with van der Waals surface area (Å²) in [7, 11) is 0. The van der Waals surface area contributed by atoms with Gasteiger partial charge >= 0.3 is 5.97 Å². The normalized spacial score (nSPS) is 14.1. The van der Waals surface area contributed by atoms with Crippen LogP contribution in [0.25, 0.3) is 0 Å². The summed E-state index contributed by atoms with van der Waals surface area (Å²) in [5.41, 5.74) is 5.26. The lowest BCUT2D eigenvalue weighted by Crippen LogP contribution is -2.41. The largest absolute Gasteiger partial charge is 0.464 e. The highest BCUT2D eigenvalue weighted by Gasteiger charge is 2.19. The van der Waals surface area contributed by atoms with Crippen LogP contribution in [0.15, 0.2) is 0 Å². The fourth-order valence-electron chi connectivity index (χ4n) is 0.664. The highest BCUT2D eigenvalue weighted by molar-refractivity contribution is 5.76. The number of aliphatic hydroxyl groups is 1. The van der Waals surface area contributed by atoms with E-state index < -0.39 is 23.2 Å². The summed E-state index contributed by atoms with van der Waals surface area (Å²) in [6.07, 6.45) is -0.799. The Balaban J connectivity index is 3.51. The summed E-state index contributed by atoms with van der Waals surface area (Å²) in [6, 6.07) is -1.10. The number of ether oxygens (including phenoxy) is 1. The molecule has 0 aromatic carbocycles. The molecule has 0 aliphatic heterocycles. The van der Waals surface area contributed by atoms with E-state index in [0.717, 1.165) is 0 Å². The van der Waals surface area contributed by atoms with Crippen LogP contribution in [0.5, 0.6) is 0 Å². The molecule has 0 rings (SSSR count). The molecule has 15 heavy (non-hydrogen) atoms. The molecule has 0 fully saturated rings. The number of rotatable bonds is 7. The van der Waals surface area contributed by atoms with E-state index in [2.05, 4.69) is 9.57 Å². The first-order chi connectivity index (χ1) is 6.95. The van der Waals surface area contributed by atoms with Gasteiger partial charge < -0.3 is 20.4 Å². The zero-order valence-electron chi connectivity index (χ0n) is 8.29. The number of esters is 1. The van der Waals surface area contributed by atoms with Crippen molar-refractivity contribution in [3.05, 3.63) is 10.1 Å². The first-order valence-electron chi connectivity index (χ1n) is 4.32. The van der Waals surface area contributed by atoms with Crippen molar-refractivity contribution < 1.29 is 24.6 Å². The molecule has 8 nitrogen and oxygen atoms in total. The predicted molar refractivity (Wildman–Crippen MR) is 48.2 cm³/mol. The Morgan fingerprint density at radius 1 is 1.60 bits per heavy atom. The topological polar surface area (TPSA) is 125 Å². The Bertz CT molecular complexity index is 220. The van der Waals surface area contributed by atoms with Gasteiger partial charge in [0.05, 0.1) is 19.3 Å². The van der Waals surface area contributed by atoms with Crippen molar-refractivity contribution in [2.75, 3.05) is 13.2 Å². The Kier molecular flexibility index (Phi) is 6.30. The third-order valence-electron chi connectivity index (χ3n) is 1.52. The van der Waals surface area contributed by atoms with Crippen LogP contribution in [0.4, 0.5) is 0 Å². The second kappa shape index (κ2) is 6.96. The minimum atomic E-state index is -1.10. The third kappa shape index (κ3) is 6.63. The minimum Gasteiger partial charge on any atom is -0.464 e. The Labute approximate surface area is 86.1 Å². The van der Waals surface area contributed by atoms with Crippen molar-refractivity contribution >= 4 is 5.97 Å². The highest BCUT2D eigenvalue weighted by atomic mass is 16.9. The van der Waals surface area contributed by atoms with Gasteiger partial charge in [0.15, 0.2) is 0 Å². The molecule has 0 heterocycles. The van der Waals surface area contributed by atoms with E-state index in [1.807, 2.05) is 0 Å². The van der Waals surface area contributed by atoms with Gasteiger partial charge in [-0.15, -0.1) is 10.1 Å². The number of carbonyl (C=O) groups is 1. The van der Waals surface area contributed by atoms with Gasteiger partial charge in [-0.1, -0.05) is 0 Å². The molecule has 0 radical (unpaired) electrons. The fraction of sp³-hybridized carbons (Fsp3) is 0.857. The van der Waals surface area contributed by atoms with E-state index in [4.69, 9.17) is 10.8 Å². The maximum atomic E-state index is 11.0. The number of nitrogens with zero attached hydrogens (tertiary/aromatic N) is 1. The van der Waals surface area contributed by atoms with E-state index in [1.54, 1.807) is 0 Å². The average Bonchev–Trinajstić information content (AvgIpc) is 2.15. The monoisotopic (exact) mass is 222 g/mol. The Morgan fingerprint density at radius 3 is 2.67 bits per heavy atom. The van der Waals surface area contributed by atoms with Crippen LogP contribution < -0.4 is 5.73 Å². The van der Waals surface area contributed by atoms with E-state index in [-0.39, 0.29) is 19.6 Å². The van der Waals surface area contributed by atoms with Crippen molar-refractivity contribution in [2.45, 2.75) is 25.5 Å². The van der Waals surface area contributed by atoms with Gasteiger partial charge in [-0.2, -0.15) is 0 Å². The first kappa shape index (κ1) is 13.6. The summed E-state index contributed by atoms with van der Waals surface area (Å²) in [6.45, 7) is 1.18. The second-order valence-electron chi connectivity index (χ2n) is 2.84. The van der Waals surface area contributed by atoms with Crippen LogP contribution in [0.1, 0.15) is 13.3 Å². The molecule has 3 N–H and O–H groups in total. The fourth-order valence-corrected chi connectivity index (χ4v) is 0.664. The summed E-state index contributed by atoms with van der Waals surface area (Å²) in [5.74, 6) is -0.744. The molecule has 0 aliphatic rings. The smallest absolute Gasteiger partial charge is 0.325 e.